The minimum Gasteiger partial charge on any atom is -0.269 e. The van der Waals surface area contributed by atoms with Gasteiger partial charge in [0.25, 0.3) is 0 Å². The molecular formula is C9H9N3O3S2. The molecule has 0 unspecified atom stereocenters. The summed E-state index contributed by atoms with van der Waals surface area (Å²) in [7, 11) is -4.28. The zero-order valence-corrected chi connectivity index (χ0v) is 10.2. The molecule has 0 aliphatic carbocycles. The second-order valence-electron chi connectivity index (χ2n) is 3.24. The first-order valence-electron chi connectivity index (χ1n) is 4.64. The van der Waals surface area contributed by atoms with Crippen molar-refractivity contribution in [1.82, 2.24) is 10.2 Å². The van der Waals surface area contributed by atoms with E-state index in [9.17, 15) is 8.42 Å². The summed E-state index contributed by atoms with van der Waals surface area (Å²) in [6.07, 6.45) is 0.575. The van der Waals surface area contributed by atoms with E-state index in [1.165, 1.54) is 0 Å². The van der Waals surface area contributed by atoms with Crippen molar-refractivity contribution in [2.75, 3.05) is 4.72 Å². The van der Waals surface area contributed by atoms with Gasteiger partial charge in [-0.15, -0.1) is 10.2 Å². The van der Waals surface area contributed by atoms with Gasteiger partial charge in [-0.3, -0.25) is 4.55 Å². The highest BCUT2D eigenvalue weighted by Crippen LogP contribution is 2.18. The molecule has 6 nitrogen and oxygen atoms in total. The van der Waals surface area contributed by atoms with E-state index >= 15 is 0 Å². The number of hydrogen-bond donors (Lipinski definition) is 2. The molecule has 0 spiro atoms. The number of nitrogens with one attached hydrogen (secondary N) is 1. The zero-order valence-electron chi connectivity index (χ0n) is 8.57. The number of benzene rings is 1. The van der Waals surface area contributed by atoms with E-state index in [1.807, 2.05) is 35.1 Å². The molecule has 90 valence electrons. The maximum absolute atomic E-state index is 10.6. The highest BCUT2D eigenvalue weighted by Gasteiger charge is 2.10. The van der Waals surface area contributed by atoms with Gasteiger partial charge in [-0.1, -0.05) is 41.7 Å². The van der Waals surface area contributed by atoms with Crippen LogP contribution in [0.1, 0.15) is 10.6 Å². The number of anilines is 1. The molecule has 0 saturated heterocycles. The molecule has 0 amide bonds. The van der Waals surface area contributed by atoms with Gasteiger partial charge in [0.2, 0.25) is 5.13 Å². The van der Waals surface area contributed by atoms with Gasteiger partial charge >= 0.3 is 10.3 Å². The Hall–Kier alpha value is -1.51. The maximum Gasteiger partial charge on any atom is 0.359 e. The summed E-state index contributed by atoms with van der Waals surface area (Å²) in [6.45, 7) is 0. The summed E-state index contributed by atoms with van der Waals surface area (Å²) in [6, 6.07) is 9.62. The molecule has 1 aromatic carbocycles. The SMILES string of the molecule is O=S(=O)(O)Nc1nnc(Cc2ccccc2)s1. The van der Waals surface area contributed by atoms with E-state index in [1.54, 1.807) is 0 Å². The highest BCUT2D eigenvalue weighted by molar-refractivity contribution is 7.87. The van der Waals surface area contributed by atoms with Crippen LogP contribution in [0.3, 0.4) is 0 Å². The van der Waals surface area contributed by atoms with Crippen LogP contribution < -0.4 is 4.72 Å². The molecule has 1 aromatic heterocycles. The first kappa shape index (κ1) is 12.0. The van der Waals surface area contributed by atoms with Crippen molar-refractivity contribution in [3.05, 3.63) is 40.9 Å². The molecule has 0 radical (unpaired) electrons. The third-order valence-electron chi connectivity index (χ3n) is 1.88. The van der Waals surface area contributed by atoms with E-state index in [0.29, 0.717) is 11.4 Å². The zero-order chi connectivity index (χ0) is 12.3. The molecular weight excluding hydrogens is 262 g/mol. The number of nitrogens with zero attached hydrogens (tertiary/aromatic N) is 2. The van der Waals surface area contributed by atoms with Crippen LogP contribution >= 0.6 is 11.3 Å². The standard InChI is InChI=1S/C9H9N3O3S2/c13-17(14,15)12-9-11-10-8(16-9)6-7-4-2-1-3-5-7/h1-5H,6H2,(H,11,12)(H,13,14,15). The second-order valence-corrected chi connectivity index (χ2v) is 5.46. The number of aromatic nitrogens is 2. The molecule has 1 heterocycles. The van der Waals surface area contributed by atoms with Crippen LogP contribution in [-0.2, 0) is 16.7 Å². The van der Waals surface area contributed by atoms with Crippen molar-refractivity contribution < 1.29 is 13.0 Å². The van der Waals surface area contributed by atoms with E-state index in [0.717, 1.165) is 16.9 Å². The highest BCUT2D eigenvalue weighted by atomic mass is 32.2. The fourth-order valence-corrected chi connectivity index (χ4v) is 2.62. The Morgan fingerprint density at radius 1 is 1.24 bits per heavy atom. The lowest BCUT2D eigenvalue weighted by Gasteiger charge is -1.95. The average molecular weight is 271 g/mol. The summed E-state index contributed by atoms with van der Waals surface area (Å²) in [5, 5.41) is 8.17. The van der Waals surface area contributed by atoms with Crippen LogP contribution in [-0.4, -0.2) is 23.2 Å². The minimum absolute atomic E-state index is 0.0541. The van der Waals surface area contributed by atoms with Gasteiger partial charge in [0, 0.05) is 6.42 Å². The third kappa shape index (κ3) is 3.77. The Kier molecular flexibility index (Phi) is 3.36. The molecule has 0 atom stereocenters. The van der Waals surface area contributed by atoms with Crippen LogP contribution in [0.5, 0.6) is 0 Å². The quantitative estimate of drug-likeness (QED) is 0.819. The summed E-state index contributed by atoms with van der Waals surface area (Å²) < 4.78 is 31.5. The molecule has 2 rings (SSSR count). The first-order valence-corrected chi connectivity index (χ1v) is 6.90. The molecule has 0 aliphatic heterocycles. The van der Waals surface area contributed by atoms with E-state index < -0.39 is 10.3 Å². The van der Waals surface area contributed by atoms with Crippen LogP contribution in [0.4, 0.5) is 5.13 Å². The van der Waals surface area contributed by atoms with Crippen LogP contribution in [0.2, 0.25) is 0 Å². The molecule has 0 fully saturated rings. The largest absolute Gasteiger partial charge is 0.359 e. The predicted octanol–water partition coefficient (Wildman–Crippen LogP) is 1.34. The summed E-state index contributed by atoms with van der Waals surface area (Å²) in [4.78, 5) is 0. The summed E-state index contributed by atoms with van der Waals surface area (Å²) in [5.41, 5.74) is 1.06. The monoisotopic (exact) mass is 271 g/mol. The smallest absolute Gasteiger partial charge is 0.269 e. The van der Waals surface area contributed by atoms with Crippen molar-refractivity contribution in [2.45, 2.75) is 6.42 Å². The van der Waals surface area contributed by atoms with Gasteiger partial charge in [0.1, 0.15) is 5.01 Å². The molecule has 2 N–H and O–H groups in total. The maximum atomic E-state index is 10.6. The number of hydrogen-bond acceptors (Lipinski definition) is 5. The Balaban J connectivity index is 2.09. The van der Waals surface area contributed by atoms with Gasteiger partial charge in [-0.2, -0.15) is 8.42 Å². The lowest BCUT2D eigenvalue weighted by molar-refractivity contribution is 0.489. The Labute approximate surface area is 102 Å². The molecule has 2 aromatic rings. The fourth-order valence-electron chi connectivity index (χ4n) is 1.25. The third-order valence-corrected chi connectivity index (χ3v) is 3.30. The van der Waals surface area contributed by atoms with Crippen LogP contribution in [0.15, 0.2) is 30.3 Å². The van der Waals surface area contributed by atoms with Crippen molar-refractivity contribution in [3.63, 3.8) is 0 Å². The van der Waals surface area contributed by atoms with Crippen molar-refractivity contribution >= 4 is 26.8 Å². The predicted molar refractivity (Wildman–Crippen MR) is 64.3 cm³/mol. The topological polar surface area (TPSA) is 92.2 Å². The molecule has 0 bridgehead atoms. The fraction of sp³-hybridized carbons (Fsp3) is 0.111. The Morgan fingerprint density at radius 2 is 1.94 bits per heavy atom. The normalized spacial score (nSPS) is 11.4. The lowest BCUT2D eigenvalue weighted by atomic mass is 10.2. The lowest BCUT2D eigenvalue weighted by Crippen LogP contribution is -2.09. The van der Waals surface area contributed by atoms with Gasteiger partial charge < -0.3 is 0 Å². The van der Waals surface area contributed by atoms with Crippen molar-refractivity contribution in [2.24, 2.45) is 0 Å². The molecule has 8 heteroatoms. The second kappa shape index (κ2) is 4.78. The number of rotatable bonds is 4. The minimum atomic E-state index is -4.28. The average Bonchev–Trinajstić information content (AvgIpc) is 2.64. The molecule has 0 aliphatic rings. The van der Waals surface area contributed by atoms with E-state index in [2.05, 4.69) is 10.2 Å². The molecule has 0 saturated carbocycles. The van der Waals surface area contributed by atoms with Crippen molar-refractivity contribution in [1.29, 1.82) is 0 Å². The molecule has 17 heavy (non-hydrogen) atoms. The van der Waals surface area contributed by atoms with Gasteiger partial charge in [-0.05, 0) is 5.56 Å². The summed E-state index contributed by atoms with van der Waals surface area (Å²) in [5.74, 6) is 0. The van der Waals surface area contributed by atoms with Gasteiger partial charge in [0.05, 0.1) is 0 Å². The van der Waals surface area contributed by atoms with Crippen LogP contribution in [0, 0.1) is 0 Å². The van der Waals surface area contributed by atoms with Gasteiger partial charge in [0.15, 0.2) is 0 Å². The van der Waals surface area contributed by atoms with E-state index in [4.69, 9.17) is 4.55 Å². The Morgan fingerprint density at radius 3 is 2.59 bits per heavy atom. The van der Waals surface area contributed by atoms with Crippen LogP contribution in [0.25, 0.3) is 0 Å². The summed E-state index contributed by atoms with van der Waals surface area (Å²) >= 11 is 1.08. The van der Waals surface area contributed by atoms with E-state index in [-0.39, 0.29) is 5.13 Å². The first-order chi connectivity index (χ1) is 8.03. The van der Waals surface area contributed by atoms with Crippen molar-refractivity contribution in [3.8, 4) is 0 Å². The van der Waals surface area contributed by atoms with Gasteiger partial charge in [-0.25, -0.2) is 4.72 Å². The Bertz CT molecular complexity index is 595.